The lowest BCUT2D eigenvalue weighted by Crippen LogP contribution is -2.50. The first-order chi connectivity index (χ1) is 14.4. The number of hydrogen-bond acceptors (Lipinski definition) is 5. The van der Waals surface area contributed by atoms with Crippen molar-refractivity contribution in [2.45, 2.75) is 20.4 Å². The van der Waals surface area contributed by atoms with Crippen LogP contribution in [-0.4, -0.2) is 40.3 Å². The summed E-state index contributed by atoms with van der Waals surface area (Å²) in [5.41, 5.74) is 2.81. The van der Waals surface area contributed by atoms with Crippen LogP contribution in [0.4, 0.5) is 11.6 Å². The minimum atomic E-state index is -0.288. The van der Waals surface area contributed by atoms with Crippen LogP contribution < -0.4 is 21.0 Å². The van der Waals surface area contributed by atoms with E-state index in [1.165, 1.54) is 11.6 Å². The Morgan fingerprint density at radius 2 is 1.57 bits per heavy atom. The maximum Gasteiger partial charge on any atom is 0.332 e. The predicted molar refractivity (Wildman–Crippen MR) is 120 cm³/mol. The van der Waals surface area contributed by atoms with Gasteiger partial charge in [-0.2, -0.15) is 0 Å². The van der Waals surface area contributed by atoms with Crippen molar-refractivity contribution < 1.29 is 0 Å². The SMILES string of the molecule is Cc1cc(C)cc(Cn2c(N3CCN(c4ccccn4)CC3)cc(=O)n(C)c2=O)c1. The van der Waals surface area contributed by atoms with Crippen molar-refractivity contribution in [2.75, 3.05) is 36.0 Å². The van der Waals surface area contributed by atoms with Crippen molar-refractivity contribution in [3.8, 4) is 0 Å². The topological polar surface area (TPSA) is 63.4 Å². The van der Waals surface area contributed by atoms with Crippen LogP contribution in [0.2, 0.25) is 0 Å². The zero-order chi connectivity index (χ0) is 21.3. The van der Waals surface area contributed by atoms with Gasteiger partial charge in [-0.05, 0) is 31.5 Å². The van der Waals surface area contributed by atoms with Gasteiger partial charge in [0.15, 0.2) is 0 Å². The molecule has 7 nitrogen and oxygen atoms in total. The molecular formula is C23H27N5O2. The molecule has 1 aliphatic rings. The molecule has 1 saturated heterocycles. The van der Waals surface area contributed by atoms with E-state index in [2.05, 4.69) is 46.8 Å². The summed E-state index contributed by atoms with van der Waals surface area (Å²) in [5.74, 6) is 1.64. The highest BCUT2D eigenvalue weighted by Gasteiger charge is 2.22. The zero-order valence-electron chi connectivity index (χ0n) is 17.7. The molecule has 0 bridgehead atoms. The lowest BCUT2D eigenvalue weighted by Gasteiger charge is -2.37. The summed E-state index contributed by atoms with van der Waals surface area (Å²) in [6.45, 7) is 7.54. The molecule has 1 aliphatic heterocycles. The second-order valence-corrected chi connectivity index (χ2v) is 7.93. The standard InChI is InChI=1S/C23H27N5O2/c1-17-12-18(2)14-19(13-17)16-28-21(15-22(29)25(3)23(28)30)27-10-8-26(9-11-27)20-6-4-5-7-24-20/h4-7,12-15H,8-11,16H2,1-3H3. The van der Waals surface area contributed by atoms with Crippen LogP contribution in [0.25, 0.3) is 0 Å². The summed E-state index contributed by atoms with van der Waals surface area (Å²) in [4.78, 5) is 34.2. The molecule has 0 atom stereocenters. The maximum atomic E-state index is 13.0. The highest BCUT2D eigenvalue weighted by atomic mass is 16.2. The third-order valence-corrected chi connectivity index (χ3v) is 5.58. The maximum absolute atomic E-state index is 13.0. The number of pyridine rings is 1. The Morgan fingerprint density at radius 3 is 2.20 bits per heavy atom. The molecule has 1 fully saturated rings. The van der Waals surface area contributed by atoms with Crippen LogP contribution in [0.5, 0.6) is 0 Å². The van der Waals surface area contributed by atoms with Gasteiger partial charge in [-0.25, -0.2) is 9.78 Å². The van der Waals surface area contributed by atoms with Gasteiger partial charge < -0.3 is 9.80 Å². The van der Waals surface area contributed by atoms with Crippen LogP contribution in [0.1, 0.15) is 16.7 Å². The number of rotatable bonds is 4. The third kappa shape index (κ3) is 4.01. The molecule has 3 heterocycles. The fourth-order valence-corrected chi connectivity index (χ4v) is 4.12. The summed E-state index contributed by atoms with van der Waals surface area (Å²) < 4.78 is 2.89. The minimum absolute atomic E-state index is 0.279. The number of nitrogens with zero attached hydrogens (tertiary/aromatic N) is 5. The Bertz CT molecular complexity index is 1140. The minimum Gasteiger partial charge on any atom is -0.354 e. The van der Waals surface area contributed by atoms with Gasteiger partial charge in [0.2, 0.25) is 0 Å². The van der Waals surface area contributed by atoms with Crippen molar-refractivity contribution in [1.29, 1.82) is 0 Å². The predicted octanol–water partition coefficient (Wildman–Crippen LogP) is 1.93. The Balaban J connectivity index is 1.65. The molecule has 2 aromatic heterocycles. The van der Waals surface area contributed by atoms with E-state index in [4.69, 9.17) is 0 Å². The number of aromatic nitrogens is 3. The summed E-state index contributed by atoms with van der Waals surface area (Å²) in [5, 5.41) is 0. The zero-order valence-corrected chi connectivity index (χ0v) is 17.7. The van der Waals surface area contributed by atoms with Crippen LogP contribution in [0.3, 0.4) is 0 Å². The van der Waals surface area contributed by atoms with Gasteiger partial charge in [0, 0.05) is 45.5 Å². The van der Waals surface area contributed by atoms with E-state index < -0.39 is 0 Å². The van der Waals surface area contributed by atoms with Crippen LogP contribution in [0, 0.1) is 13.8 Å². The average Bonchev–Trinajstić information content (AvgIpc) is 2.74. The molecule has 0 amide bonds. The van der Waals surface area contributed by atoms with Crippen molar-refractivity contribution in [3.05, 3.63) is 86.2 Å². The molecule has 0 aliphatic carbocycles. The molecular weight excluding hydrogens is 378 g/mol. The lowest BCUT2D eigenvalue weighted by atomic mass is 10.1. The van der Waals surface area contributed by atoms with Gasteiger partial charge in [-0.1, -0.05) is 35.4 Å². The van der Waals surface area contributed by atoms with Crippen molar-refractivity contribution in [3.63, 3.8) is 0 Å². The van der Waals surface area contributed by atoms with E-state index in [1.807, 2.05) is 18.2 Å². The van der Waals surface area contributed by atoms with Crippen LogP contribution >= 0.6 is 0 Å². The fourth-order valence-electron chi connectivity index (χ4n) is 4.12. The summed E-state index contributed by atoms with van der Waals surface area (Å²) in [7, 11) is 1.53. The molecule has 0 spiro atoms. The van der Waals surface area contributed by atoms with Crippen molar-refractivity contribution >= 4 is 11.6 Å². The molecule has 0 saturated carbocycles. The van der Waals surface area contributed by atoms with Gasteiger partial charge in [-0.15, -0.1) is 0 Å². The quantitative estimate of drug-likeness (QED) is 0.664. The van der Waals surface area contributed by atoms with Gasteiger partial charge in [0.05, 0.1) is 6.54 Å². The highest BCUT2D eigenvalue weighted by molar-refractivity contribution is 5.45. The molecule has 0 N–H and O–H groups in total. The van der Waals surface area contributed by atoms with Crippen molar-refractivity contribution in [1.82, 2.24) is 14.1 Å². The average molecular weight is 406 g/mol. The molecule has 30 heavy (non-hydrogen) atoms. The van der Waals surface area contributed by atoms with Gasteiger partial charge in [0.25, 0.3) is 5.56 Å². The lowest BCUT2D eigenvalue weighted by molar-refractivity contribution is 0.590. The number of piperazine rings is 1. The Hall–Kier alpha value is -3.35. The first kappa shape index (κ1) is 19.9. The third-order valence-electron chi connectivity index (χ3n) is 5.58. The number of benzene rings is 1. The van der Waals surface area contributed by atoms with E-state index in [9.17, 15) is 9.59 Å². The van der Waals surface area contributed by atoms with E-state index in [-0.39, 0.29) is 11.2 Å². The van der Waals surface area contributed by atoms with Crippen molar-refractivity contribution in [2.24, 2.45) is 7.05 Å². The van der Waals surface area contributed by atoms with E-state index in [1.54, 1.807) is 16.8 Å². The smallest absolute Gasteiger partial charge is 0.332 e. The van der Waals surface area contributed by atoms with E-state index in [0.29, 0.717) is 12.4 Å². The summed E-state index contributed by atoms with van der Waals surface area (Å²) in [6.07, 6.45) is 1.80. The molecule has 3 aromatic rings. The Labute approximate surface area is 175 Å². The molecule has 156 valence electrons. The largest absolute Gasteiger partial charge is 0.354 e. The first-order valence-corrected chi connectivity index (χ1v) is 10.2. The highest BCUT2D eigenvalue weighted by Crippen LogP contribution is 2.19. The van der Waals surface area contributed by atoms with E-state index in [0.717, 1.165) is 48.7 Å². The van der Waals surface area contributed by atoms with Gasteiger partial charge in [-0.3, -0.25) is 13.9 Å². The van der Waals surface area contributed by atoms with Gasteiger partial charge >= 0.3 is 5.69 Å². The Kier molecular flexibility index (Phi) is 5.44. The second kappa shape index (κ2) is 8.18. The Morgan fingerprint density at radius 1 is 0.900 bits per heavy atom. The number of anilines is 2. The number of hydrogen-bond donors (Lipinski definition) is 0. The summed E-state index contributed by atoms with van der Waals surface area (Å²) in [6, 6.07) is 13.8. The molecule has 7 heteroatoms. The molecule has 0 radical (unpaired) electrons. The van der Waals surface area contributed by atoms with Crippen LogP contribution in [-0.2, 0) is 13.6 Å². The fraction of sp³-hybridized carbons (Fsp3) is 0.348. The first-order valence-electron chi connectivity index (χ1n) is 10.2. The normalized spacial score (nSPS) is 14.2. The van der Waals surface area contributed by atoms with Gasteiger partial charge in [0.1, 0.15) is 11.6 Å². The van der Waals surface area contributed by atoms with Crippen LogP contribution in [0.15, 0.2) is 58.3 Å². The molecule has 0 unspecified atom stereocenters. The number of aryl methyl sites for hydroxylation is 2. The molecule has 4 rings (SSSR count). The monoisotopic (exact) mass is 405 g/mol. The van der Waals surface area contributed by atoms with E-state index >= 15 is 0 Å². The second-order valence-electron chi connectivity index (χ2n) is 7.93. The molecule has 1 aromatic carbocycles. The summed E-state index contributed by atoms with van der Waals surface area (Å²) >= 11 is 0.